The minimum atomic E-state index is -2.08. The van der Waals surface area contributed by atoms with Gasteiger partial charge in [-0.25, -0.2) is 0 Å². The van der Waals surface area contributed by atoms with E-state index in [4.69, 9.17) is 4.43 Å². The van der Waals surface area contributed by atoms with Gasteiger partial charge in [0, 0.05) is 5.92 Å². The Labute approximate surface area is 152 Å². The molecule has 0 amide bonds. The summed E-state index contributed by atoms with van der Waals surface area (Å²) in [6.07, 6.45) is 10.0. The Balaban J connectivity index is 2.58. The lowest BCUT2D eigenvalue weighted by Crippen LogP contribution is -2.54. The molecule has 2 rings (SSSR count). The van der Waals surface area contributed by atoms with Gasteiger partial charge in [0.15, 0.2) is 0 Å². The quantitative estimate of drug-likeness (QED) is 0.476. The van der Waals surface area contributed by atoms with E-state index in [0.29, 0.717) is 17.9 Å². The van der Waals surface area contributed by atoms with E-state index in [0.717, 1.165) is 5.92 Å². The molecule has 0 unspecified atom stereocenters. The highest BCUT2D eigenvalue weighted by atomic mass is 28.4. The number of hydrogen-bond donors (Lipinski definition) is 0. The van der Waals surface area contributed by atoms with E-state index in [-0.39, 0.29) is 10.1 Å². The van der Waals surface area contributed by atoms with Crippen LogP contribution in [0.4, 0.5) is 0 Å². The minimum Gasteiger partial charge on any atom is -0.408 e. The summed E-state index contributed by atoms with van der Waals surface area (Å²) < 4.78 is 7.28. The van der Waals surface area contributed by atoms with Gasteiger partial charge in [0.2, 0.25) is 8.32 Å². The van der Waals surface area contributed by atoms with Gasteiger partial charge in [0.25, 0.3) is 0 Å². The highest BCUT2D eigenvalue weighted by Crippen LogP contribution is 2.63. The monoisotopic (exact) mass is 350 g/mol. The standard InChI is InChI=1S/C22H42OSi/c1-10-18-19(17-14-12-11-13-15-17)20(16(2)3)23-24(18,21(4,5)6)22(7,8)9/h10,16-17,19-20H,11-15H2,1-9H3/b18-10+/t19-,20+/m1/s1. The van der Waals surface area contributed by atoms with Crippen molar-refractivity contribution in [1.29, 1.82) is 0 Å². The fourth-order valence-electron chi connectivity index (χ4n) is 6.06. The molecule has 2 fully saturated rings. The van der Waals surface area contributed by atoms with Crippen molar-refractivity contribution in [1.82, 2.24) is 0 Å². The van der Waals surface area contributed by atoms with E-state index >= 15 is 0 Å². The van der Waals surface area contributed by atoms with Crippen molar-refractivity contribution in [2.24, 2.45) is 17.8 Å². The van der Waals surface area contributed by atoms with E-state index in [1.54, 1.807) is 5.20 Å². The second-order valence-corrected chi connectivity index (χ2v) is 15.9. The van der Waals surface area contributed by atoms with Crippen LogP contribution in [0.15, 0.2) is 11.3 Å². The average molecular weight is 351 g/mol. The summed E-state index contributed by atoms with van der Waals surface area (Å²) in [5.41, 5.74) is 0. The molecule has 2 heteroatoms. The maximum Gasteiger partial charge on any atom is 0.231 e. The fourth-order valence-corrected chi connectivity index (χ4v) is 13.0. The molecule has 1 aliphatic carbocycles. The molecule has 0 aromatic rings. The van der Waals surface area contributed by atoms with Gasteiger partial charge in [-0.15, -0.1) is 0 Å². The normalized spacial score (nSPS) is 31.2. The third kappa shape index (κ3) is 3.18. The lowest BCUT2D eigenvalue weighted by molar-refractivity contribution is 0.0807. The van der Waals surface area contributed by atoms with Gasteiger partial charge in [0.1, 0.15) is 0 Å². The van der Waals surface area contributed by atoms with Crippen LogP contribution in [0.2, 0.25) is 10.1 Å². The molecular weight excluding hydrogens is 308 g/mol. The second-order valence-electron chi connectivity index (χ2n) is 10.7. The zero-order valence-corrected chi connectivity index (χ0v) is 18.8. The van der Waals surface area contributed by atoms with Gasteiger partial charge in [-0.3, -0.25) is 0 Å². The molecule has 1 nitrogen and oxygen atoms in total. The lowest BCUT2D eigenvalue weighted by atomic mass is 9.75. The Hall–Kier alpha value is -0.0831. The van der Waals surface area contributed by atoms with Gasteiger partial charge < -0.3 is 4.43 Å². The first-order valence-corrected chi connectivity index (χ1v) is 12.2. The molecule has 140 valence electrons. The largest absolute Gasteiger partial charge is 0.408 e. The van der Waals surface area contributed by atoms with Crippen molar-refractivity contribution in [3.63, 3.8) is 0 Å². The molecule has 0 aromatic carbocycles. The number of rotatable bonds is 2. The van der Waals surface area contributed by atoms with E-state index in [2.05, 4.69) is 68.4 Å². The Bertz CT molecular complexity index is 443. The molecule has 1 saturated carbocycles. The Morgan fingerprint density at radius 3 is 1.83 bits per heavy atom. The zero-order chi connectivity index (χ0) is 18.3. The predicted molar refractivity (Wildman–Crippen MR) is 109 cm³/mol. The third-order valence-corrected chi connectivity index (χ3v) is 13.0. The van der Waals surface area contributed by atoms with Crippen LogP contribution in [-0.2, 0) is 4.43 Å². The van der Waals surface area contributed by atoms with Gasteiger partial charge in [-0.05, 0) is 41.7 Å². The summed E-state index contributed by atoms with van der Waals surface area (Å²) in [5, 5.41) is 2.20. The first kappa shape index (κ1) is 20.2. The molecule has 24 heavy (non-hydrogen) atoms. The molecule has 1 heterocycles. The summed E-state index contributed by atoms with van der Waals surface area (Å²) in [6, 6.07) is 0. The summed E-state index contributed by atoms with van der Waals surface area (Å²) in [5.74, 6) is 2.11. The molecule has 0 N–H and O–H groups in total. The van der Waals surface area contributed by atoms with Crippen molar-refractivity contribution in [2.45, 2.75) is 111 Å². The lowest BCUT2D eigenvalue weighted by Gasteiger charge is -2.49. The highest BCUT2D eigenvalue weighted by Gasteiger charge is 2.65. The Morgan fingerprint density at radius 2 is 1.46 bits per heavy atom. The topological polar surface area (TPSA) is 9.23 Å². The van der Waals surface area contributed by atoms with Gasteiger partial charge >= 0.3 is 0 Å². The Morgan fingerprint density at radius 1 is 0.958 bits per heavy atom. The maximum atomic E-state index is 7.28. The van der Waals surface area contributed by atoms with Crippen LogP contribution in [-0.4, -0.2) is 14.4 Å². The van der Waals surface area contributed by atoms with Crippen molar-refractivity contribution < 1.29 is 4.43 Å². The molecule has 0 spiro atoms. The zero-order valence-electron chi connectivity index (χ0n) is 17.8. The van der Waals surface area contributed by atoms with Gasteiger partial charge in [-0.1, -0.05) is 85.9 Å². The molecule has 0 bridgehead atoms. The SMILES string of the molecule is C/C=C1\[C@@H](C2CCCCC2)[C@H](C(C)C)O[Si]1(C(C)(C)C)C(C)(C)C. The van der Waals surface area contributed by atoms with Crippen LogP contribution < -0.4 is 0 Å². The smallest absolute Gasteiger partial charge is 0.231 e. The summed E-state index contributed by atoms with van der Waals surface area (Å²) in [6.45, 7) is 21.7. The average Bonchev–Trinajstić information content (AvgIpc) is 2.84. The van der Waals surface area contributed by atoms with E-state index < -0.39 is 8.32 Å². The number of allylic oxidation sites excluding steroid dienone is 1. The van der Waals surface area contributed by atoms with Crippen molar-refractivity contribution in [2.75, 3.05) is 0 Å². The molecule has 1 saturated heterocycles. The fraction of sp³-hybridized carbons (Fsp3) is 0.909. The molecule has 0 aromatic heterocycles. The van der Waals surface area contributed by atoms with Crippen molar-refractivity contribution in [3.8, 4) is 0 Å². The van der Waals surface area contributed by atoms with Crippen molar-refractivity contribution >= 4 is 8.32 Å². The van der Waals surface area contributed by atoms with Crippen LogP contribution in [0.3, 0.4) is 0 Å². The summed E-state index contributed by atoms with van der Waals surface area (Å²) >= 11 is 0. The molecule has 2 aliphatic rings. The first-order valence-electron chi connectivity index (χ1n) is 10.3. The van der Waals surface area contributed by atoms with E-state index in [9.17, 15) is 0 Å². The molecule has 2 atom stereocenters. The second kappa shape index (κ2) is 6.91. The predicted octanol–water partition coefficient (Wildman–Crippen LogP) is 7.27. The molecule has 0 radical (unpaired) electrons. The molecule has 1 aliphatic heterocycles. The van der Waals surface area contributed by atoms with Gasteiger partial charge in [-0.2, -0.15) is 0 Å². The van der Waals surface area contributed by atoms with Crippen LogP contribution >= 0.6 is 0 Å². The first-order chi connectivity index (χ1) is 11.0. The van der Waals surface area contributed by atoms with E-state index in [1.807, 2.05) is 0 Å². The summed E-state index contributed by atoms with van der Waals surface area (Å²) in [4.78, 5) is 0. The highest BCUT2D eigenvalue weighted by molar-refractivity contribution is 6.86. The van der Waals surface area contributed by atoms with Crippen LogP contribution in [0.25, 0.3) is 0 Å². The molecular formula is C22H42OSi. The van der Waals surface area contributed by atoms with Gasteiger partial charge in [0.05, 0.1) is 6.10 Å². The Kier molecular flexibility index (Phi) is 5.82. The minimum absolute atomic E-state index is 0.226. The van der Waals surface area contributed by atoms with Crippen molar-refractivity contribution in [3.05, 3.63) is 11.3 Å². The number of hydrogen-bond acceptors (Lipinski definition) is 1. The van der Waals surface area contributed by atoms with Crippen LogP contribution in [0.5, 0.6) is 0 Å². The maximum absolute atomic E-state index is 7.28. The van der Waals surface area contributed by atoms with E-state index in [1.165, 1.54) is 32.1 Å². The van der Waals surface area contributed by atoms with Crippen LogP contribution in [0.1, 0.15) is 94.4 Å². The third-order valence-electron chi connectivity index (χ3n) is 6.67. The van der Waals surface area contributed by atoms with Crippen LogP contribution in [0, 0.1) is 17.8 Å². The summed E-state index contributed by atoms with van der Waals surface area (Å²) in [7, 11) is -2.08.